The van der Waals surface area contributed by atoms with Crippen molar-refractivity contribution in [2.75, 3.05) is 19.3 Å². The van der Waals surface area contributed by atoms with E-state index in [9.17, 15) is 4.79 Å². The first-order chi connectivity index (χ1) is 8.65. The van der Waals surface area contributed by atoms with Crippen molar-refractivity contribution < 1.29 is 4.79 Å². The number of benzene rings is 1. The summed E-state index contributed by atoms with van der Waals surface area (Å²) in [5.41, 5.74) is 6.95. The van der Waals surface area contributed by atoms with Gasteiger partial charge in [0.15, 0.2) is 0 Å². The van der Waals surface area contributed by atoms with Gasteiger partial charge in [-0.2, -0.15) is 0 Å². The van der Waals surface area contributed by atoms with Crippen LogP contribution in [0.3, 0.4) is 0 Å². The van der Waals surface area contributed by atoms with Crippen LogP contribution in [-0.4, -0.2) is 24.4 Å². The highest BCUT2D eigenvalue weighted by Gasteiger charge is 2.10. The molecular formula is C15H22N2O. The molecule has 0 saturated heterocycles. The minimum atomic E-state index is 0.0334. The Morgan fingerprint density at radius 3 is 2.83 bits per heavy atom. The summed E-state index contributed by atoms with van der Waals surface area (Å²) in [5, 5.41) is 0. The molecule has 2 N–H and O–H groups in total. The van der Waals surface area contributed by atoms with Crippen molar-refractivity contribution in [3.8, 4) is 0 Å². The highest BCUT2D eigenvalue weighted by molar-refractivity contribution is 5.94. The van der Waals surface area contributed by atoms with Crippen molar-refractivity contribution in [3.05, 3.63) is 42.5 Å². The van der Waals surface area contributed by atoms with Gasteiger partial charge in [-0.05, 0) is 37.5 Å². The second-order valence-corrected chi connectivity index (χ2v) is 4.49. The highest BCUT2D eigenvalue weighted by atomic mass is 16.2. The van der Waals surface area contributed by atoms with Gasteiger partial charge >= 0.3 is 0 Å². The summed E-state index contributed by atoms with van der Waals surface area (Å²) in [6.45, 7) is 4.48. The predicted octanol–water partition coefficient (Wildman–Crippen LogP) is 3.09. The quantitative estimate of drug-likeness (QED) is 0.456. The number of carbonyl (C=O) groups excluding carboxylic acids is 1. The number of hydrogen-bond acceptors (Lipinski definition) is 2. The number of allylic oxidation sites excluding steroid dienone is 1. The van der Waals surface area contributed by atoms with Crippen molar-refractivity contribution >= 4 is 11.6 Å². The van der Waals surface area contributed by atoms with Crippen LogP contribution in [0.2, 0.25) is 0 Å². The number of rotatable bonds is 7. The number of anilines is 1. The van der Waals surface area contributed by atoms with Crippen molar-refractivity contribution in [2.24, 2.45) is 0 Å². The average molecular weight is 246 g/mol. The molecule has 0 radical (unpaired) electrons. The van der Waals surface area contributed by atoms with Crippen molar-refractivity contribution in [2.45, 2.75) is 25.7 Å². The second kappa shape index (κ2) is 7.54. The third-order valence-electron chi connectivity index (χ3n) is 2.88. The number of hydrogen-bond donors (Lipinski definition) is 1. The molecule has 0 atom stereocenters. The Morgan fingerprint density at radius 1 is 1.39 bits per heavy atom. The van der Waals surface area contributed by atoms with E-state index >= 15 is 0 Å². The summed E-state index contributed by atoms with van der Waals surface area (Å²) in [4.78, 5) is 13.8. The lowest BCUT2D eigenvalue weighted by Crippen LogP contribution is -2.27. The Kier molecular flexibility index (Phi) is 5.98. The van der Waals surface area contributed by atoms with Crippen molar-refractivity contribution in [1.29, 1.82) is 0 Å². The third kappa shape index (κ3) is 4.62. The zero-order valence-electron chi connectivity index (χ0n) is 11.1. The molecule has 1 aromatic rings. The Balaban J connectivity index is 2.39. The predicted molar refractivity (Wildman–Crippen MR) is 76.5 cm³/mol. The number of unbranched alkanes of at least 4 members (excludes halogenated alkanes) is 3. The molecule has 0 spiro atoms. The normalized spacial score (nSPS) is 10.1. The molecule has 0 aliphatic rings. The zero-order chi connectivity index (χ0) is 13.4. The summed E-state index contributed by atoms with van der Waals surface area (Å²) in [6, 6.07) is 7.11. The fourth-order valence-corrected chi connectivity index (χ4v) is 1.81. The molecule has 1 rings (SSSR count). The van der Waals surface area contributed by atoms with E-state index in [2.05, 4.69) is 6.58 Å². The van der Waals surface area contributed by atoms with Gasteiger partial charge in [-0.15, -0.1) is 6.58 Å². The Labute approximate surface area is 109 Å². The molecule has 0 aliphatic heterocycles. The minimum absolute atomic E-state index is 0.0334. The van der Waals surface area contributed by atoms with Crippen molar-refractivity contribution in [3.63, 3.8) is 0 Å². The first-order valence-corrected chi connectivity index (χ1v) is 6.37. The maximum atomic E-state index is 12.1. The van der Waals surface area contributed by atoms with E-state index < -0.39 is 0 Å². The van der Waals surface area contributed by atoms with E-state index in [0.717, 1.165) is 32.2 Å². The van der Waals surface area contributed by atoms with Crippen LogP contribution >= 0.6 is 0 Å². The van der Waals surface area contributed by atoms with Gasteiger partial charge in [0.05, 0.1) is 0 Å². The first kappa shape index (κ1) is 14.3. The molecule has 0 heterocycles. The summed E-state index contributed by atoms with van der Waals surface area (Å²) < 4.78 is 0. The SMILES string of the molecule is C=CCCCCCN(C)C(=O)c1cccc(N)c1. The molecule has 0 saturated carbocycles. The maximum Gasteiger partial charge on any atom is 0.253 e. The molecule has 0 fully saturated rings. The van der Waals surface area contributed by atoms with Gasteiger partial charge in [0, 0.05) is 24.8 Å². The monoisotopic (exact) mass is 246 g/mol. The number of nitrogen functional groups attached to an aromatic ring is 1. The largest absolute Gasteiger partial charge is 0.399 e. The first-order valence-electron chi connectivity index (χ1n) is 6.37. The Bertz CT molecular complexity index is 401. The highest BCUT2D eigenvalue weighted by Crippen LogP contribution is 2.10. The van der Waals surface area contributed by atoms with E-state index in [1.165, 1.54) is 0 Å². The van der Waals surface area contributed by atoms with Crippen LogP contribution in [0.15, 0.2) is 36.9 Å². The second-order valence-electron chi connectivity index (χ2n) is 4.49. The van der Waals surface area contributed by atoms with Crippen molar-refractivity contribution in [1.82, 2.24) is 4.90 Å². The van der Waals surface area contributed by atoms with Crippen LogP contribution in [0.4, 0.5) is 5.69 Å². The number of nitrogens with zero attached hydrogens (tertiary/aromatic N) is 1. The molecule has 1 amide bonds. The van der Waals surface area contributed by atoms with Gasteiger partial charge in [0.2, 0.25) is 0 Å². The van der Waals surface area contributed by atoms with E-state index in [4.69, 9.17) is 5.73 Å². The molecular weight excluding hydrogens is 224 g/mol. The lowest BCUT2D eigenvalue weighted by atomic mass is 10.1. The number of amides is 1. The lowest BCUT2D eigenvalue weighted by Gasteiger charge is -2.17. The molecule has 98 valence electrons. The standard InChI is InChI=1S/C15H22N2O/c1-3-4-5-6-7-11-17(2)15(18)13-9-8-10-14(16)12-13/h3,8-10,12H,1,4-7,11,16H2,2H3. The Morgan fingerprint density at radius 2 is 2.17 bits per heavy atom. The van der Waals surface area contributed by atoms with Gasteiger partial charge in [-0.25, -0.2) is 0 Å². The van der Waals surface area contributed by atoms with Crippen LogP contribution in [0.1, 0.15) is 36.0 Å². The topological polar surface area (TPSA) is 46.3 Å². The molecule has 0 aliphatic carbocycles. The molecule has 18 heavy (non-hydrogen) atoms. The molecule has 1 aromatic carbocycles. The van der Waals surface area contributed by atoms with Crippen LogP contribution in [0, 0.1) is 0 Å². The molecule has 3 nitrogen and oxygen atoms in total. The van der Waals surface area contributed by atoms with Crippen LogP contribution in [-0.2, 0) is 0 Å². The summed E-state index contributed by atoms with van der Waals surface area (Å²) in [7, 11) is 1.83. The van der Waals surface area contributed by atoms with Gasteiger partial charge in [-0.3, -0.25) is 4.79 Å². The van der Waals surface area contributed by atoms with Crippen LogP contribution in [0.5, 0.6) is 0 Å². The number of nitrogens with two attached hydrogens (primary N) is 1. The van der Waals surface area contributed by atoms with Gasteiger partial charge in [-0.1, -0.05) is 18.6 Å². The molecule has 0 bridgehead atoms. The van der Waals surface area contributed by atoms with Crippen LogP contribution < -0.4 is 5.73 Å². The third-order valence-corrected chi connectivity index (χ3v) is 2.88. The van der Waals surface area contributed by atoms with Gasteiger partial charge in [0.1, 0.15) is 0 Å². The molecule has 0 unspecified atom stereocenters. The fraction of sp³-hybridized carbons (Fsp3) is 0.400. The van der Waals surface area contributed by atoms with E-state index in [0.29, 0.717) is 11.3 Å². The fourth-order valence-electron chi connectivity index (χ4n) is 1.81. The van der Waals surface area contributed by atoms with E-state index in [1.54, 1.807) is 29.2 Å². The maximum absolute atomic E-state index is 12.1. The summed E-state index contributed by atoms with van der Waals surface area (Å²) in [6.07, 6.45) is 6.28. The summed E-state index contributed by atoms with van der Waals surface area (Å²) in [5.74, 6) is 0.0334. The average Bonchev–Trinajstić information content (AvgIpc) is 2.37. The van der Waals surface area contributed by atoms with Crippen LogP contribution in [0.25, 0.3) is 0 Å². The smallest absolute Gasteiger partial charge is 0.253 e. The Hall–Kier alpha value is -1.77. The minimum Gasteiger partial charge on any atom is -0.399 e. The summed E-state index contributed by atoms with van der Waals surface area (Å²) >= 11 is 0. The lowest BCUT2D eigenvalue weighted by molar-refractivity contribution is 0.0792. The zero-order valence-corrected chi connectivity index (χ0v) is 11.1. The molecule has 0 aromatic heterocycles. The van der Waals surface area contributed by atoms with E-state index in [1.807, 2.05) is 13.1 Å². The number of carbonyl (C=O) groups is 1. The van der Waals surface area contributed by atoms with E-state index in [-0.39, 0.29) is 5.91 Å². The van der Waals surface area contributed by atoms with Gasteiger partial charge < -0.3 is 10.6 Å². The molecule has 3 heteroatoms. The van der Waals surface area contributed by atoms with Gasteiger partial charge in [0.25, 0.3) is 5.91 Å².